The largest absolute Gasteiger partial charge is 0.486 e. The molecular weight excluding hydrogens is 372 g/mol. The maximum absolute atomic E-state index is 12.3. The Morgan fingerprint density at radius 3 is 2.73 bits per heavy atom. The van der Waals surface area contributed by atoms with Crippen LogP contribution < -0.4 is 10.1 Å². The lowest BCUT2D eigenvalue weighted by Crippen LogP contribution is -2.37. The number of nitrogens with zero attached hydrogens (tertiary/aromatic N) is 3. The molecule has 1 saturated carbocycles. The Kier molecular flexibility index (Phi) is 6.43. The number of thioether (sulfide) groups is 1. The van der Waals surface area contributed by atoms with Crippen LogP contribution in [0.3, 0.4) is 0 Å². The molecule has 2 aromatic rings. The van der Waals surface area contributed by atoms with Crippen molar-refractivity contribution < 1.29 is 9.53 Å². The van der Waals surface area contributed by atoms with E-state index < -0.39 is 0 Å². The molecule has 1 unspecified atom stereocenters. The summed E-state index contributed by atoms with van der Waals surface area (Å²) in [6.07, 6.45) is 4.57. The zero-order chi connectivity index (χ0) is 18.5. The highest BCUT2D eigenvalue weighted by atomic mass is 35.5. The summed E-state index contributed by atoms with van der Waals surface area (Å²) in [7, 11) is 1.88. The highest BCUT2D eigenvalue weighted by molar-refractivity contribution is 8.00. The fourth-order valence-electron chi connectivity index (χ4n) is 2.85. The van der Waals surface area contributed by atoms with E-state index in [0.717, 1.165) is 18.6 Å². The Balaban J connectivity index is 1.54. The second-order valence-corrected chi connectivity index (χ2v) is 8.19. The van der Waals surface area contributed by atoms with E-state index in [4.69, 9.17) is 16.3 Å². The number of benzene rings is 1. The molecule has 1 aromatic carbocycles. The van der Waals surface area contributed by atoms with Crippen molar-refractivity contribution in [3.05, 3.63) is 35.1 Å². The maximum atomic E-state index is 12.3. The molecule has 6 nitrogen and oxygen atoms in total. The van der Waals surface area contributed by atoms with Crippen LogP contribution in [0.2, 0.25) is 5.02 Å². The Bertz CT molecular complexity index is 744. The number of hydrogen-bond donors (Lipinski definition) is 1. The molecule has 3 rings (SSSR count). The summed E-state index contributed by atoms with van der Waals surface area (Å²) in [4.78, 5) is 12.3. The minimum atomic E-state index is -0.219. The second kappa shape index (κ2) is 8.77. The normalized spacial score (nSPS) is 15.8. The van der Waals surface area contributed by atoms with Crippen LogP contribution in [-0.4, -0.2) is 32.0 Å². The number of amides is 1. The predicted molar refractivity (Wildman–Crippen MR) is 103 cm³/mol. The van der Waals surface area contributed by atoms with Crippen molar-refractivity contribution in [2.75, 3.05) is 0 Å². The highest BCUT2D eigenvalue weighted by Gasteiger charge is 2.23. The van der Waals surface area contributed by atoms with E-state index in [-0.39, 0.29) is 11.2 Å². The molecule has 1 aliphatic carbocycles. The van der Waals surface area contributed by atoms with Gasteiger partial charge in [0.1, 0.15) is 12.4 Å². The van der Waals surface area contributed by atoms with E-state index in [9.17, 15) is 4.79 Å². The lowest BCUT2D eigenvalue weighted by atomic mass is 10.2. The van der Waals surface area contributed by atoms with Crippen LogP contribution in [0.5, 0.6) is 5.75 Å². The molecule has 1 aliphatic rings. The predicted octanol–water partition coefficient (Wildman–Crippen LogP) is 3.59. The van der Waals surface area contributed by atoms with E-state index in [0.29, 0.717) is 28.7 Å². The molecule has 1 heterocycles. The van der Waals surface area contributed by atoms with Crippen molar-refractivity contribution >= 4 is 29.3 Å². The average Bonchev–Trinajstić information content (AvgIpc) is 3.25. The number of aromatic nitrogens is 3. The summed E-state index contributed by atoms with van der Waals surface area (Å²) in [6, 6.07) is 7.50. The third-order valence-corrected chi connectivity index (χ3v) is 5.85. The smallest absolute Gasteiger partial charge is 0.233 e. The molecule has 0 bridgehead atoms. The van der Waals surface area contributed by atoms with Crippen LogP contribution in [0.4, 0.5) is 0 Å². The van der Waals surface area contributed by atoms with Crippen LogP contribution in [0.25, 0.3) is 0 Å². The number of carbonyl (C=O) groups excluding carboxylic acids is 1. The monoisotopic (exact) mass is 394 g/mol. The number of rotatable bonds is 7. The van der Waals surface area contributed by atoms with E-state index in [2.05, 4.69) is 15.5 Å². The summed E-state index contributed by atoms with van der Waals surface area (Å²) < 4.78 is 7.57. The van der Waals surface area contributed by atoms with Gasteiger partial charge in [0.05, 0.1) is 5.25 Å². The van der Waals surface area contributed by atoms with Crippen LogP contribution in [0.1, 0.15) is 38.4 Å². The van der Waals surface area contributed by atoms with Crippen LogP contribution in [0, 0.1) is 0 Å². The Hall–Kier alpha value is -1.73. The molecule has 0 spiro atoms. The number of carbonyl (C=O) groups is 1. The summed E-state index contributed by atoms with van der Waals surface area (Å²) in [5.74, 6) is 1.48. The van der Waals surface area contributed by atoms with Crippen LogP contribution >= 0.6 is 23.4 Å². The first-order valence-corrected chi connectivity index (χ1v) is 10.0. The molecule has 0 saturated heterocycles. The SMILES string of the molecule is CC(Sc1nnc(COc2ccc(Cl)cc2)n1C)C(=O)NC1CCCC1. The van der Waals surface area contributed by atoms with Gasteiger partial charge in [-0.2, -0.15) is 0 Å². The van der Waals surface area contributed by atoms with Gasteiger partial charge in [0.25, 0.3) is 0 Å². The minimum Gasteiger partial charge on any atom is -0.486 e. The summed E-state index contributed by atoms with van der Waals surface area (Å²) >= 11 is 7.28. The lowest BCUT2D eigenvalue weighted by molar-refractivity contribution is -0.120. The van der Waals surface area contributed by atoms with Crippen molar-refractivity contribution in [1.29, 1.82) is 0 Å². The fourth-order valence-corrected chi connectivity index (χ4v) is 3.82. The lowest BCUT2D eigenvalue weighted by Gasteiger charge is -2.16. The van der Waals surface area contributed by atoms with E-state index in [1.165, 1.54) is 24.6 Å². The number of nitrogens with one attached hydrogen (secondary N) is 1. The van der Waals surface area contributed by atoms with E-state index in [1.54, 1.807) is 12.1 Å². The van der Waals surface area contributed by atoms with Crippen LogP contribution in [0.15, 0.2) is 29.4 Å². The Morgan fingerprint density at radius 1 is 1.35 bits per heavy atom. The average molecular weight is 395 g/mol. The Morgan fingerprint density at radius 2 is 2.04 bits per heavy atom. The first kappa shape index (κ1) is 19.0. The van der Waals surface area contributed by atoms with Gasteiger partial charge >= 0.3 is 0 Å². The van der Waals surface area contributed by atoms with E-state index >= 15 is 0 Å². The van der Waals surface area contributed by atoms with Gasteiger partial charge in [-0.25, -0.2) is 0 Å². The summed E-state index contributed by atoms with van der Waals surface area (Å²) in [6.45, 7) is 2.20. The molecule has 26 heavy (non-hydrogen) atoms. The first-order valence-electron chi connectivity index (χ1n) is 8.76. The molecule has 1 atom stereocenters. The third-order valence-electron chi connectivity index (χ3n) is 4.46. The van der Waals surface area contributed by atoms with Crippen molar-refractivity contribution in [2.24, 2.45) is 7.05 Å². The molecule has 0 aliphatic heterocycles. The molecule has 8 heteroatoms. The van der Waals surface area contributed by atoms with Gasteiger partial charge in [-0.1, -0.05) is 36.2 Å². The molecular formula is C18H23ClN4O2S. The van der Waals surface area contributed by atoms with Gasteiger partial charge < -0.3 is 14.6 Å². The van der Waals surface area contributed by atoms with Crippen molar-refractivity contribution in [1.82, 2.24) is 20.1 Å². The molecule has 0 radical (unpaired) electrons. The number of halogens is 1. The van der Waals surface area contributed by atoms with Crippen molar-refractivity contribution in [3.63, 3.8) is 0 Å². The summed E-state index contributed by atoms with van der Waals surface area (Å²) in [5, 5.41) is 12.6. The third kappa shape index (κ3) is 4.92. The standard InChI is InChI=1S/C18H23ClN4O2S/c1-12(17(24)20-14-5-3-4-6-14)26-18-22-21-16(23(18)2)11-25-15-9-7-13(19)8-10-15/h7-10,12,14H,3-6,11H2,1-2H3,(H,20,24). The highest BCUT2D eigenvalue weighted by Crippen LogP contribution is 2.24. The fraction of sp³-hybridized carbons (Fsp3) is 0.500. The zero-order valence-corrected chi connectivity index (χ0v) is 16.5. The molecule has 1 amide bonds. The van der Waals surface area contributed by atoms with Crippen molar-refractivity contribution in [3.8, 4) is 5.75 Å². The van der Waals surface area contributed by atoms with E-state index in [1.807, 2.05) is 30.7 Å². The first-order chi connectivity index (χ1) is 12.5. The molecule has 1 aromatic heterocycles. The quantitative estimate of drug-likeness (QED) is 0.727. The van der Waals surface area contributed by atoms with Gasteiger partial charge in [0.2, 0.25) is 5.91 Å². The molecule has 1 fully saturated rings. The number of hydrogen-bond acceptors (Lipinski definition) is 5. The second-order valence-electron chi connectivity index (χ2n) is 6.45. The Labute approximate surface area is 162 Å². The van der Waals surface area contributed by atoms with Gasteiger partial charge in [-0.15, -0.1) is 10.2 Å². The van der Waals surface area contributed by atoms with Crippen LogP contribution in [-0.2, 0) is 18.4 Å². The zero-order valence-electron chi connectivity index (χ0n) is 14.9. The summed E-state index contributed by atoms with van der Waals surface area (Å²) in [5.41, 5.74) is 0. The minimum absolute atomic E-state index is 0.0591. The number of ether oxygens (including phenoxy) is 1. The topological polar surface area (TPSA) is 69.0 Å². The van der Waals surface area contributed by atoms with Gasteiger partial charge in [0, 0.05) is 18.1 Å². The maximum Gasteiger partial charge on any atom is 0.233 e. The van der Waals surface area contributed by atoms with Gasteiger partial charge in [-0.05, 0) is 44.0 Å². The molecule has 1 N–H and O–H groups in total. The van der Waals surface area contributed by atoms with Gasteiger partial charge in [0.15, 0.2) is 11.0 Å². The van der Waals surface area contributed by atoms with Gasteiger partial charge in [-0.3, -0.25) is 4.79 Å². The molecule has 140 valence electrons. The van der Waals surface area contributed by atoms with Crippen molar-refractivity contribution in [2.45, 2.75) is 55.7 Å².